The van der Waals surface area contributed by atoms with Crippen LogP contribution in [0.5, 0.6) is 0 Å². The summed E-state index contributed by atoms with van der Waals surface area (Å²) in [6.45, 7) is 0. The van der Waals surface area contributed by atoms with Crippen LogP contribution in [0.1, 0.15) is 51.4 Å². The van der Waals surface area contributed by atoms with Gasteiger partial charge in [-0.15, -0.1) is 0 Å². The minimum Gasteiger partial charge on any atom is -0.381 e. The van der Waals surface area contributed by atoms with Crippen molar-refractivity contribution in [1.29, 1.82) is 0 Å². The van der Waals surface area contributed by atoms with E-state index in [0.29, 0.717) is 44.2 Å². The topological polar surface area (TPSA) is 32.7 Å². The molecule has 7 heteroatoms. The third-order valence-corrected chi connectivity index (χ3v) is 7.03. The molecule has 7 atom stereocenters. The number of methoxy groups -OCH3 is 1. The van der Waals surface area contributed by atoms with E-state index in [1.165, 1.54) is 11.0 Å². The van der Waals surface area contributed by atoms with Gasteiger partial charge in [-0.2, -0.15) is 0 Å². The fourth-order valence-corrected chi connectivity index (χ4v) is 5.60. The molecular formula is C22H29F4NO2. The molecular weight excluding hydrogens is 386 g/mol. The molecule has 0 spiro atoms. The second-order valence-electron chi connectivity index (χ2n) is 8.68. The molecule has 162 valence electrons. The van der Waals surface area contributed by atoms with Crippen LogP contribution in [0.3, 0.4) is 0 Å². The molecule has 6 unspecified atom stereocenters. The van der Waals surface area contributed by atoms with E-state index < -0.39 is 42.2 Å². The number of nitrogens with zero attached hydrogens (tertiary/aromatic N) is 1. The molecule has 4 aliphatic rings. The lowest BCUT2D eigenvalue weighted by molar-refractivity contribution is -0.0504. The Balaban J connectivity index is 1.74. The summed E-state index contributed by atoms with van der Waals surface area (Å²) in [5, 5.41) is 10.7. The standard InChI is InChI=1S/C22H29F4NO2/c1-29-13-10-16(14-6-5-12(23)9-19(14)26)15-7-8-21(28)27(20(15)11-13)22-17(24)3-2-4-18(22)25/h3,9,12-14,16,18,21-22,28H,2,4-8,10-11H2,1H3/t12?,13?,14?,16?,18-,21?,22?/m1/s1. The fourth-order valence-electron chi connectivity index (χ4n) is 5.60. The average molecular weight is 415 g/mol. The Labute approximate surface area is 169 Å². The number of hydrogen-bond donors (Lipinski definition) is 1. The summed E-state index contributed by atoms with van der Waals surface area (Å²) in [5.74, 6) is -1.66. The number of allylic oxidation sites excluding steroid dienone is 4. The molecule has 0 aromatic heterocycles. The summed E-state index contributed by atoms with van der Waals surface area (Å²) in [4.78, 5) is 1.48. The monoisotopic (exact) mass is 415 g/mol. The highest BCUT2D eigenvalue weighted by molar-refractivity contribution is 5.30. The lowest BCUT2D eigenvalue weighted by Crippen LogP contribution is -2.53. The second-order valence-corrected chi connectivity index (χ2v) is 8.68. The van der Waals surface area contributed by atoms with Crippen LogP contribution >= 0.6 is 0 Å². The molecule has 0 fully saturated rings. The van der Waals surface area contributed by atoms with Crippen molar-refractivity contribution in [2.75, 3.05) is 7.11 Å². The van der Waals surface area contributed by atoms with E-state index in [1.54, 1.807) is 7.11 Å². The molecule has 1 N–H and O–H groups in total. The normalized spacial score (nSPS) is 41.0. The van der Waals surface area contributed by atoms with Gasteiger partial charge < -0.3 is 14.7 Å². The number of hydrogen-bond acceptors (Lipinski definition) is 3. The molecule has 0 bridgehead atoms. The van der Waals surface area contributed by atoms with Gasteiger partial charge in [-0.05, 0) is 62.5 Å². The summed E-state index contributed by atoms with van der Waals surface area (Å²) >= 11 is 0. The number of aliphatic hydroxyl groups is 1. The quantitative estimate of drug-likeness (QED) is 0.656. The Bertz CT molecular complexity index is 722. The molecule has 0 aromatic carbocycles. The van der Waals surface area contributed by atoms with Crippen LogP contribution in [0.4, 0.5) is 17.6 Å². The third-order valence-electron chi connectivity index (χ3n) is 7.03. The number of halogens is 4. The summed E-state index contributed by atoms with van der Waals surface area (Å²) in [7, 11) is 1.57. The number of ether oxygens (including phenoxy) is 1. The van der Waals surface area contributed by atoms with E-state index in [4.69, 9.17) is 4.74 Å². The Morgan fingerprint density at radius 3 is 2.55 bits per heavy atom. The molecule has 3 aliphatic carbocycles. The van der Waals surface area contributed by atoms with Crippen molar-refractivity contribution in [3.63, 3.8) is 0 Å². The van der Waals surface area contributed by atoms with Crippen molar-refractivity contribution in [3.8, 4) is 0 Å². The first kappa shape index (κ1) is 20.9. The first-order valence-electron chi connectivity index (χ1n) is 10.6. The predicted molar refractivity (Wildman–Crippen MR) is 102 cm³/mol. The first-order chi connectivity index (χ1) is 13.9. The molecule has 1 aliphatic heterocycles. The summed E-state index contributed by atoms with van der Waals surface area (Å²) < 4.78 is 63.3. The lowest BCUT2D eigenvalue weighted by Gasteiger charge is -2.49. The van der Waals surface area contributed by atoms with Gasteiger partial charge >= 0.3 is 0 Å². The van der Waals surface area contributed by atoms with Crippen molar-refractivity contribution >= 4 is 0 Å². The van der Waals surface area contributed by atoms with Crippen LogP contribution in [0.25, 0.3) is 0 Å². The molecule has 0 saturated heterocycles. The van der Waals surface area contributed by atoms with Crippen LogP contribution in [0.2, 0.25) is 0 Å². The van der Waals surface area contributed by atoms with Gasteiger partial charge in [-0.3, -0.25) is 0 Å². The Morgan fingerprint density at radius 2 is 1.86 bits per heavy atom. The molecule has 29 heavy (non-hydrogen) atoms. The maximum absolute atomic E-state index is 14.8. The zero-order valence-corrected chi connectivity index (χ0v) is 16.7. The van der Waals surface area contributed by atoms with Crippen molar-refractivity contribution in [2.24, 2.45) is 11.8 Å². The van der Waals surface area contributed by atoms with E-state index >= 15 is 0 Å². The average Bonchev–Trinajstić information content (AvgIpc) is 2.68. The maximum atomic E-state index is 14.8. The predicted octanol–water partition coefficient (Wildman–Crippen LogP) is 5.04. The first-order valence-corrected chi connectivity index (χ1v) is 10.6. The zero-order valence-electron chi connectivity index (χ0n) is 16.7. The van der Waals surface area contributed by atoms with E-state index in [9.17, 15) is 22.7 Å². The maximum Gasteiger partial charge on any atom is 0.127 e. The van der Waals surface area contributed by atoms with E-state index in [1.807, 2.05) is 0 Å². The van der Waals surface area contributed by atoms with Gasteiger partial charge in [0.05, 0.1) is 6.10 Å². The summed E-state index contributed by atoms with van der Waals surface area (Å²) in [6.07, 6.45) is 1.65. The number of aliphatic hydroxyl groups excluding tert-OH is 1. The van der Waals surface area contributed by atoms with Gasteiger partial charge in [0.1, 0.15) is 36.3 Å². The van der Waals surface area contributed by atoms with Crippen molar-refractivity contribution in [1.82, 2.24) is 4.90 Å². The smallest absolute Gasteiger partial charge is 0.127 e. The van der Waals surface area contributed by atoms with Crippen LogP contribution in [-0.4, -0.2) is 47.8 Å². The van der Waals surface area contributed by atoms with E-state index in [-0.39, 0.29) is 24.9 Å². The molecule has 0 radical (unpaired) electrons. The molecule has 3 nitrogen and oxygen atoms in total. The number of rotatable bonds is 3. The van der Waals surface area contributed by atoms with Gasteiger partial charge in [0.2, 0.25) is 0 Å². The van der Waals surface area contributed by atoms with E-state index in [2.05, 4.69) is 0 Å². The Morgan fingerprint density at radius 1 is 1.07 bits per heavy atom. The van der Waals surface area contributed by atoms with Crippen molar-refractivity contribution in [2.45, 2.75) is 82.1 Å². The molecule has 0 aromatic rings. The van der Waals surface area contributed by atoms with Crippen LogP contribution in [0.15, 0.2) is 35.1 Å². The SMILES string of the molecule is COC1CC2=C(CCC(O)N2C2C(F)=CCC[C@H]2F)C(C2CCC(F)C=C2F)C1. The van der Waals surface area contributed by atoms with Crippen LogP contribution < -0.4 is 0 Å². The zero-order chi connectivity index (χ0) is 20.7. The summed E-state index contributed by atoms with van der Waals surface area (Å²) in [6, 6.07) is -1.15. The van der Waals surface area contributed by atoms with Crippen LogP contribution in [0, 0.1) is 11.8 Å². The van der Waals surface area contributed by atoms with Gasteiger partial charge in [0.25, 0.3) is 0 Å². The number of alkyl halides is 2. The highest BCUT2D eigenvalue weighted by Gasteiger charge is 2.46. The lowest BCUT2D eigenvalue weighted by atomic mass is 9.69. The minimum absolute atomic E-state index is 0.207. The van der Waals surface area contributed by atoms with Gasteiger partial charge in [-0.1, -0.05) is 6.08 Å². The fraction of sp³-hybridized carbons (Fsp3) is 0.727. The molecule has 0 amide bonds. The van der Waals surface area contributed by atoms with E-state index in [0.717, 1.165) is 11.6 Å². The van der Waals surface area contributed by atoms with Gasteiger partial charge in [-0.25, -0.2) is 17.6 Å². The Hall–Kier alpha value is -1.34. The van der Waals surface area contributed by atoms with Crippen molar-refractivity contribution < 1.29 is 27.4 Å². The largest absolute Gasteiger partial charge is 0.381 e. The third kappa shape index (κ3) is 3.88. The summed E-state index contributed by atoms with van der Waals surface area (Å²) in [5.41, 5.74) is 1.63. The van der Waals surface area contributed by atoms with Crippen LogP contribution in [-0.2, 0) is 4.74 Å². The highest BCUT2D eigenvalue weighted by atomic mass is 19.2. The van der Waals surface area contributed by atoms with Gasteiger partial charge in [0, 0.05) is 25.1 Å². The van der Waals surface area contributed by atoms with Gasteiger partial charge in [0.15, 0.2) is 0 Å². The molecule has 0 saturated carbocycles. The highest BCUT2D eigenvalue weighted by Crippen LogP contribution is 2.49. The second kappa shape index (κ2) is 8.42. The molecule has 4 rings (SSSR count). The van der Waals surface area contributed by atoms with Crippen molar-refractivity contribution in [3.05, 3.63) is 35.1 Å². The minimum atomic E-state index is -1.42. The Kier molecular flexibility index (Phi) is 6.07. The molecule has 1 heterocycles.